The SMILES string of the molecule is CCn1nccc1CN(C)C(=O)Cn1nc(C(F)F)cc1C(F)F. The number of amides is 1. The molecule has 0 bridgehead atoms. The van der Waals surface area contributed by atoms with Crippen molar-refractivity contribution in [2.24, 2.45) is 0 Å². The van der Waals surface area contributed by atoms with E-state index in [1.54, 1.807) is 16.9 Å². The summed E-state index contributed by atoms with van der Waals surface area (Å²) in [7, 11) is 1.49. The Hall–Kier alpha value is -2.39. The molecule has 24 heavy (non-hydrogen) atoms. The molecule has 0 aliphatic rings. The Bertz CT molecular complexity index is 697. The van der Waals surface area contributed by atoms with Gasteiger partial charge in [-0.1, -0.05) is 0 Å². The molecule has 2 aromatic heterocycles. The summed E-state index contributed by atoms with van der Waals surface area (Å²) in [5, 5.41) is 7.48. The molecule has 2 aromatic rings. The zero-order chi connectivity index (χ0) is 17.9. The minimum absolute atomic E-state index is 0.222. The quantitative estimate of drug-likeness (QED) is 0.724. The number of aromatic nitrogens is 4. The van der Waals surface area contributed by atoms with Gasteiger partial charge in [-0.25, -0.2) is 17.6 Å². The third kappa shape index (κ3) is 3.92. The summed E-state index contributed by atoms with van der Waals surface area (Å²) in [4.78, 5) is 13.5. The molecule has 1 amide bonds. The van der Waals surface area contributed by atoms with Crippen LogP contribution >= 0.6 is 0 Å². The highest BCUT2D eigenvalue weighted by atomic mass is 19.3. The summed E-state index contributed by atoms with van der Waals surface area (Å²) in [5.74, 6) is -0.523. The number of alkyl halides is 4. The number of nitrogens with zero attached hydrogens (tertiary/aromatic N) is 5. The smallest absolute Gasteiger partial charge is 0.282 e. The Morgan fingerprint density at radius 1 is 1.25 bits per heavy atom. The third-order valence-electron chi connectivity index (χ3n) is 3.49. The van der Waals surface area contributed by atoms with Crippen LogP contribution in [0.2, 0.25) is 0 Å². The van der Waals surface area contributed by atoms with Crippen molar-refractivity contribution in [3.8, 4) is 0 Å². The maximum atomic E-state index is 12.9. The molecule has 0 fully saturated rings. The molecule has 6 nitrogen and oxygen atoms in total. The Morgan fingerprint density at radius 2 is 1.96 bits per heavy atom. The lowest BCUT2D eigenvalue weighted by Gasteiger charge is -2.18. The molecular weight excluding hydrogens is 330 g/mol. The molecule has 0 spiro atoms. The van der Waals surface area contributed by atoms with Gasteiger partial charge in [-0.2, -0.15) is 10.2 Å². The minimum atomic E-state index is -3.00. The molecule has 0 aliphatic carbocycles. The van der Waals surface area contributed by atoms with Crippen LogP contribution in [0.5, 0.6) is 0 Å². The number of hydrogen-bond acceptors (Lipinski definition) is 3. The summed E-state index contributed by atoms with van der Waals surface area (Å²) in [6, 6.07) is 2.36. The molecule has 0 saturated carbocycles. The van der Waals surface area contributed by atoms with E-state index in [2.05, 4.69) is 10.2 Å². The van der Waals surface area contributed by atoms with Crippen LogP contribution in [-0.4, -0.2) is 37.4 Å². The fourth-order valence-electron chi connectivity index (χ4n) is 2.22. The van der Waals surface area contributed by atoms with Crippen molar-refractivity contribution in [3.05, 3.63) is 35.4 Å². The first-order valence-electron chi connectivity index (χ1n) is 7.22. The van der Waals surface area contributed by atoms with E-state index in [4.69, 9.17) is 0 Å². The maximum Gasteiger partial charge on any atom is 0.282 e. The lowest BCUT2D eigenvalue weighted by molar-refractivity contribution is -0.131. The van der Waals surface area contributed by atoms with Crippen LogP contribution in [0.4, 0.5) is 17.6 Å². The fraction of sp³-hybridized carbons (Fsp3) is 0.500. The van der Waals surface area contributed by atoms with Crippen molar-refractivity contribution in [1.82, 2.24) is 24.5 Å². The van der Waals surface area contributed by atoms with Gasteiger partial charge >= 0.3 is 0 Å². The van der Waals surface area contributed by atoms with Crippen molar-refractivity contribution >= 4 is 5.91 Å². The number of carbonyl (C=O) groups is 1. The van der Waals surface area contributed by atoms with E-state index in [-0.39, 0.29) is 6.54 Å². The summed E-state index contributed by atoms with van der Waals surface area (Å²) in [6.07, 6.45) is -4.38. The van der Waals surface area contributed by atoms with Crippen molar-refractivity contribution in [3.63, 3.8) is 0 Å². The average Bonchev–Trinajstić information content (AvgIpc) is 3.13. The van der Waals surface area contributed by atoms with Gasteiger partial charge < -0.3 is 4.90 Å². The molecule has 0 N–H and O–H groups in total. The first-order valence-corrected chi connectivity index (χ1v) is 7.22. The van der Waals surface area contributed by atoms with Gasteiger partial charge in [0.25, 0.3) is 12.9 Å². The largest absolute Gasteiger partial charge is 0.338 e. The van der Waals surface area contributed by atoms with E-state index in [0.29, 0.717) is 17.3 Å². The van der Waals surface area contributed by atoms with Crippen molar-refractivity contribution in [2.45, 2.75) is 39.4 Å². The first kappa shape index (κ1) is 18.0. The molecule has 0 saturated heterocycles. The second-order valence-electron chi connectivity index (χ2n) is 5.14. The Kier molecular flexibility index (Phi) is 5.58. The molecule has 0 aromatic carbocycles. The predicted octanol–water partition coefficient (Wildman–Crippen LogP) is 2.63. The van der Waals surface area contributed by atoms with E-state index in [1.807, 2.05) is 6.92 Å². The molecule has 0 atom stereocenters. The van der Waals surface area contributed by atoms with Gasteiger partial charge in [0.2, 0.25) is 5.91 Å². The number of aryl methyl sites for hydroxylation is 1. The van der Waals surface area contributed by atoms with E-state index >= 15 is 0 Å². The molecule has 10 heteroatoms. The number of likely N-dealkylation sites (N-methyl/N-ethyl adjacent to an activating group) is 1. The van der Waals surface area contributed by atoms with Gasteiger partial charge in [-0.3, -0.25) is 14.2 Å². The highest BCUT2D eigenvalue weighted by molar-refractivity contribution is 5.75. The fourth-order valence-corrected chi connectivity index (χ4v) is 2.22. The topological polar surface area (TPSA) is 56.0 Å². The van der Waals surface area contributed by atoms with Crippen molar-refractivity contribution in [1.29, 1.82) is 0 Å². The highest BCUT2D eigenvalue weighted by Gasteiger charge is 2.23. The van der Waals surface area contributed by atoms with Crippen LogP contribution < -0.4 is 0 Å². The first-order chi connectivity index (χ1) is 11.3. The monoisotopic (exact) mass is 347 g/mol. The van der Waals surface area contributed by atoms with E-state index in [0.717, 1.165) is 5.69 Å². The molecule has 2 rings (SSSR count). The van der Waals surface area contributed by atoms with E-state index in [1.165, 1.54) is 11.9 Å². The van der Waals surface area contributed by atoms with Gasteiger partial charge in [0, 0.05) is 19.8 Å². The third-order valence-corrected chi connectivity index (χ3v) is 3.49. The molecule has 0 unspecified atom stereocenters. The van der Waals surface area contributed by atoms with Gasteiger partial charge in [0.1, 0.15) is 17.9 Å². The summed E-state index contributed by atoms with van der Waals surface area (Å²) in [5.41, 5.74) is -0.702. The molecule has 2 heterocycles. The van der Waals surface area contributed by atoms with Crippen LogP contribution in [0.1, 0.15) is 36.9 Å². The molecule has 132 valence electrons. The van der Waals surface area contributed by atoms with Crippen LogP contribution in [0.15, 0.2) is 18.3 Å². The number of hydrogen-bond donors (Lipinski definition) is 0. The van der Waals surface area contributed by atoms with Gasteiger partial charge in [-0.05, 0) is 19.1 Å². The number of halogens is 4. The zero-order valence-electron chi connectivity index (χ0n) is 13.2. The maximum absolute atomic E-state index is 12.9. The second kappa shape index (κ2) is 7.45. The van der Waals surface area contributed by atoms with E-state index < -0.39 is 36.7 Å². The Morgan fingerprint density at radius 3 is 2.54 bits per heavy atom. The number of rotatable bonds is 7. The summed E-state index contributed by atoms with van der Waals surface area (Å²) >= 11 is 0. The molecule has 0 radical (unpaired) electrons. The standard InChI is InChI=1S/C14H17F4N5O/c1-3-22-9(4-5-19-22)7-21(2)12(24)8-23-11(14(17)18)6-10(20-23)13(15)16/h4-6,13-14H,3,7-8H2,1-2H3. The van der Waals surface area contributed by atoms with Crippen molar-refractivity contribution < 1.29 is 22.4 Å². The number of carbonyl (C=O) groups excluding carboxylic acids is 1. The lowest BCUT2D eigenvalue weighted by Crippen LogP contribution is -2.31. The van der Waals surface area contributed by atoms with E-state index in [9.17, 15) is 22.4 Å². The van der Waals surface area contributed by atoms with Gasteiger partial charge in [-0.15, -0.1) is 0 Å². The Balaban J connectivity index is 2.11. The average molecular weight is 347 g/mol. The normalized spacial score (nSPS) is 11.5. The molecule has 0 aliphatic heterocycles. The highest BCUT2D eigenvalue weighted by Crippen LogP contribution is 2.25. The predicted molar refractivity (Wildman–Crippen MR) is 76.5 cm³/mol. The molecular formula is C14H17F4N5O. The van der Waals surface area contributed by atoms with Crippen molar-refractivity contribution in [2.75, 3.05) is 7.05 Å². The van der Waals surface area contributed by atoms with Crippen LogP contribution in [-0.2, 0) is 24.4 Å². The Labute approximate surface area is 135 Å². The second-order valence-corrected chi connectivity index (χ2v) is 5.14. The summed E-state index contributed by atoms with van der Waals surface area (Å²) in [6.45, 7) is 2.20. The lowest BCUT2D eigenvalue weighted by atomic mass is 10.3. The van der Waals surface area contributed by atoms with Crippen LogP contribution in [0, 0.1) is 0 Å². The minimum Gasteiger partial charge on any atom is -0.338 e. The summed E-state index contributed by atoms with van der Waals surface area (Å²) < 4.78 is 53.4. The van der Waals surface area contributed by atoms with Crippen LogP contribution in [0.3, 0.4) is 0 Å². The van der Waals surface area contributed by atoms with Crippen LogP contribution in [0.25, 0.3) is 0 Å². The van der Waals surface area contributed by atoms with Gasteiger partial charge in [0.05, 0.1) is 12.2 Å². The van der Waals surface area contributed by atoms with Gasteiger partial charge in [0.15, 0.2) is 0 Å². The zero-order valence-corrected chi connectivity index (χ0v) is 13.2.